The molecule has 106 valence electrons. The van der Waals surface area contributed by atoms with E-state index in [0.717, 1.165) is 17.7 Å². The van der Waals surface area contributed by atoms with Crippen LogP contribution in [-0.4, -0.2) is 29.8 Å². The third-order valence-electron chi connectivity index (χ3n) is 5.73. The van der Waals surface area contributed by atoms with E-state index in [9.17, 15) is 0 Å². The van der Waals surface area contributed by atoms with E-state index in [-0.39, 0.29) is 0 Å². The number of fused-ring (bicyclic) bond motifs is 1. The van der Waals surface area contributed by atoms with Gasteiger partial charge < -0.3 is 0 Å². The highest BCUT2D eigenvalue weighted by atomic mass is 32.1. The lowest BCUT2D eigenvalue weighted by Crippen LogP contribution is -2.51. The minimum atomic E-state index is 0.461. The zero-order valence-corrected chi connectivity index (χ0v) is 13.2. The summed E-state index contributed by atoms with van der Waals surface area (Å²) in [5, 5.41) is 0. The molecule has 0 unspecified atom stereocenters. The standard InChI is InChI=1S/C16H31NS/c1-3-16(4-2,13-18)12-17-11-7-9-14-8-5-6-10-15(14)17/h14-15,18H,3-13H2,1-2H3/t14-,15-/m1/s1. The molecule has 1 heterocycles. The van der Waals surface area contributed by atoms with Gasteiger partial charge in [0.2, 0.25) is 0 Å². The number of hydrogen-bond acceptors (Lipinski definition) is 2. The molecular weight excluding hydrogens is 238 g/mol. The Morgan fingerprint density at radius 3 is 2.39 bits per heavy atom. The second-order valence-electron chi connectivity index (χ2n) is 6.59. The average molecular weight is 269 g/mol. The fourth-order valence-corrected chi connectivity index (χ4v) is 4.65. The topological polar surface area (TPSA) is 3.24 Å². The van der Waals surface area contributed by atoms with Crippen molar-refractivity contribution in [1.82, 2.24) is 4.90 Å². The zero-order valence-electron chi connectivity index (χ0n) is 12.3. The molecule has 1 aliphatic carbocycles. The largest absolute Gasteiger partial charge is 0.300 e. The zero-order chi connectivity index (χ0) is 13.0. The second-order valence-corrected chi connectivity index (χ2v) is 6.91. The molecule has 0 aromatic heterocycles. The van der Waals surface area contributed by atoms with Gasteiger partial charge in [-0.3, -0.25) is 4.90 Å². The summed E-state index contributed by atoms with van der Waals surface area (Å²) in [6.45, 7) is 7.34. The van der Waals surface area contributed by atoms with Crippen LogP contribution in [0.3, 0.4) is 0 Å². The van der Waals surface area contributed by atoms with Gasteiger partial charge in [0.25, 0.3) is 0 Å². The summed E-state index contributed by atoms with van der Waals surface area (Å²) in [6, 6.07) is 0.907. The average Bonchev–Trinajstić information content (AvgIpc) is 2.45. The van der Waals surface area contributed by atoms with Gasteiger partial charge in [-0.25, -0.2) is 0 Å². The molecule has 18 heavy (non-hydrogen) atoms. The van der Waals surface area contributed by atoms with Crippen LogP contribution in [0.15, 0.2) is 0 Å². The summed E-state index contributed by atoms with van der Waals surface area (Å²) in [7, 11) is 0. The molecule has 2 rings (SSSR count). The first kappa shape index (κ1) is 14.7. The Morgan fingerprint density at radius 1 is 1.06 bits per heavy atom. The lowest BCUT2D eigenvalue weighted by Gasteiger charge is -2.48. The van der Waals surface area contributed by atoms with Gasteiger partial charge in [-0.1, -0.05) is 26.7 Å². The third kappa shape index (κ3) is 3.07. The maximum atomic E-state index is 4.65. The first-order chi connectivity index (χ1) is 8.74. The van der Waals surface area contributed by atoms with Gasteiger partial charge in [-0.15, -0.1) is 0 Å². The van der Waals surface area contributed by atoms with Crippen molar-refractivity contribution in [2.45, 2.75) is 71.3 Å². The van der Waals surface area contributed by atoms with E-state index >= 15 is 0 Å². The van der Waals surface area contributed by atoms with Crippen molar-refractivity contribution in [3.05, 3.63) is 0 Å². The Kier molecular flexibility index (Phi) is 5.44. The van der Waals surface area contributed by atoms with E-state index in [1.165, 1.54) is 64.5 Å². The lowest BCUT2D eigenvalue weighted by molar-refractivity contribution is 0.0268. The van der Waals surface area contributed by atoms with Crippen LogP contribution in [0, 0.1) is 11.3 Å². The molecule has 2 atom stereocenters. The van der Waals surface area contributed by atoms with Gasteiger partial charge in [0.15, 0.2) is 0 Å². The Hall–Kier alpha value is 0.310. The fourth-order valence-electron chi connectivity index (χ4n) is 4.10. The van der Waals surface area contributed by atoms with Crippen LogP contribution in [0.5, 0.6) is 0 Å². The quantitative estimate of drug-likeness (QED) is 0.725. The van der Waals surface area contributed by atoms with Crippen molar-refractivity contribution in [2.75, 3.05) is 18.8 Å². The number of nitrogens with zero attached hydrogens (tertiary/aromatic N) is 1. The number of rotatable bonds is 5. The summed E-state index contributed by atoms with van der Waals surface area (Å²) in [5.74, 6) is 2.06. The Labute approximate surface area is 119 Å². The van der Waals surface area contributed by atoms with Crippen LogP contribution in [0.25, 0.3) is 0 Å². The van der Waals surface area contributed by atoms with E-state index in [1.54, 1.807) is 0 Å². The van der Waals surface area contributed by atoms with E-state index in [4.69, 9.17) is 0 Å². The smallest absolute Gasteiger partial charge is 0.0124 e. The highest BCUT2D eigenvalue weighted by molar-refractivity contribution is 7.80. The molecule has 1 aliphatic heterocycles. The van der Waals surface area contributed by atoms with E-state index in [2.05, 4.69) is 31.4 Å². The monoisotopic (exact) mass is 269 g/mol. The number of thiol groups is 1. The van der Waals surface area contributed by atoms with Crippen LogP contribution in [-0.2, 0) is 0 Å². The van der Waals surface area contributed by atoms with Gasteiger partial charge in [-0.2, -0.15) is 12.6 Å². The number of hydrogen-bond donors (Lipinski definition) is 1. The Bertz CT molecular complexity index is 239. The molecule has 2 aliphatic rings. The van der Waals surface area contributed by atoms with Crippen LogP contribution in [0.4, 0.5) is 0 Å². The molecule has 0 aromatic rings. The summed E-state index contributed by atoms with van der Waals surface area (Å²) >= 11 is 4.65. The first-order valence-electron chi connectivity index (χ1n) is 8.09. The summed E-state index contributed by atoms with van der Waals surface area (Å²) < 4.78 is 0. The van der Waals surface area contributed by atoms with Crippen LogP contribution < -0.4 is 0 Å². The minimum absolute atomic E-state index is 0.461. The van der Waals surface area contributed by atoms with Crippen molar-refractivity contribution in [3.8, 4) is 0 Å². The summed E-state index contributed by atoms with van der Waals surface area (Å²) in [5.41, 5.74) is 0.461. The van der Waals surface area contributed by atoms with Crippen LogP contribution in [0.2, 0.25) is 0 Å². The van der Waals surface area contributed by atoms with E-state index < -0.39 is 0 Å². The predicted molar refractivity (Wildman–Crippen MR) is 83.4 cm³/mol. The summed E-state index contributed by atoms with van der Waals surface area (Å²) in [4.78, 5) is 2.84. The molecule has 1 nitrogen and oxygen atoms in total. The van der Waals surface area contributed by atoms with Crippen LogP contribution in [0.1, 0.15) is 65.2 Å². The van der Waals surface area contributed by atoms with E-state index in [0.29, 0.717) is 5.41 Å². The Morgan fingerprint density at radius 2 is 1.72 bits per heavy atom. The van der Waals surface area contributed by atoms with Crippen molar-refractivity contribution < 1.29 is 0 Å². The van der Waals surface area contributed by atoms with Crippen molar-refractivity contribution in [3.63, 3.8) is 0 Å². The molecular formula is C16H31NS. The molecule has 0 bridgehead atoms. The van der Waals surface area contributed by atoms with Gasteiger partial charge in [0, 0.05) is 12.6 Å². The van der Waals surface area contributed by atoms with Gasteiger partial charge in [-0.05, 0) is 62.2 Å². The molecule has 1 saturated carbocycles. The minimum Gasteiger partial charge on any atom is -0.300 e. The number of likely N-dealkylation sites (tertiary alicyclic amines) is 1. The SMILES string of the molecule is CCC(CC)(CS)CN1CCC[C@H]2CCCC[C@H]21. The molecule has 2 fully saturated rings. The molecule has 0 aromatic carbocycles. The predicted octanol–water partition coefficient (Wildman–Crippen LogP) is 4.38. The molecule has 0 radical (unpaired) electrons. The number of piperidine rings is 1. The third-order valence-corrected chi connectivity index (χ3v) is 6.40. The maximum Gasteiger partial charge on any atom is 0.0124 e. The van der Waals surface area contributed by atoms with Crippen LogP contribution >= 0.6 is 12.6 Å². The molecule has 0 spiro atoms. The van der Waals surface area contributed by atoms with Gasteiger partial charge in [0.05, 0.1) is 0 Å². The molecule has 0 amide bonds. The molecule has 1 saturated heterocycles. The maximum absolute atomic E-state index is 4.65. The normalized spacial score (nSPS) is 30.2. The highest BCUT2D eigenvalue weighted by Gasteiger charge is 2.37. The lowest BCUT2D eigenvalue weighted by atomic mass is 9.76. The van der Waals surface area contributed by atoms with E-state index in [1.807, 2.05) is 0 Å². The fraction of sp³-hybridized carbons (Fsp3) is 1.00. The van der Waals surface area contributed by atoms with Gasteiger partial charge in [0.1, 0.15) is 0 Å². The Balaban J connectivity index is 2.02. The van der Waals surface area contributed by atoms with Crippen molar-refractivity contribution in [2.24, 2.45) is 11.3 Å². The summed E-state index contributed by atoms with van der Waals surface area (Å²) in [6.07, 6.45) is 11.4. The molecule has 2 heteroatoms. The molecule has 0 N–H and O–H groups in total. The van der Waals surface area contributed by atoms with Crippen molar-refractivity contribution in [1.29, 1.82) is 0 Å². The second kappa shape index (κ2) is 6.65. The van der Waals surface area contributed by atoms with Crippen molar-refractivity contribution >= 4 is 12.6 Å². The first-order valence-corrected chi connectivity index (χ1v) is 8.73. The highest BCUT2D eigenvalue weighted by Crippen LogP contribution is 2.38. The van der Waals surface area contributed by atoms with Gasteiger partial charge >= 0.3 is 0 Å².